The van der Waals surface area contributed by atoms with Crippen molar-refractivity contribution in [1.29, 1.82) is 0 Å². The summed E-state index contributed by atoms with van der Waals surface area (Å²) < 4.78 is 28.7. The van der Waals surface area contributed by atoms with E-state index in [4.69, 9.17) is 0 Å². The number of halogens is 2. The summed E-state index contributed by atoms with van der Waals surface area (Å²) in [6.45, 7) is 1.03. The molecule has 2 aliphatic heterocycles. The minimum atomic E-state index is -3.97. The van der Waals surface area contributed by atoms with Gasteiger partial charge in [0.1, 0.15) is 0 Å². The number of nitrogens with zero attached hydrogens (tertiary/aromatic N) is 4. The van der Waals surface area contributed by atoms with Gasteiger partial charge in [0.2, 0.25) is 0 Å². The molecule has 2 saturated heterocycles. The quantitative estimate of drug-likeness (QED) is 0.677. The van der Waals surface area contributed by atoms with Gasteiger partial charge >= 0.3 is 17.7 Å². The van der Waals surface area contributed by atoms with Crippen LogP contribution in [-0.2, 0) is 9.59 Å². The molecule has 2 atom stereocenters. The summed E-state index contributed by atoms with van der Waals surface area (Å²) in [4.78, 5) is 30.3. The van der Waals surface area contributed by atoms with E-state index < -0.39 is 17.7 Å². The molecule has 2 aliphatic rings. The van der Waals surface area contributed by atoms with Crippen LogP contribution >= 0.6 is 0 Å². The first kappa shape index (κ1) is 18.1. The summed E-state index contributed by atoms with van der Waals surface area (Å²) >= 11 is 0. The van der Waals surface area contributed by atoms with Crippen LogP contribution in [0, 0.1) is 0 Å². The Balaban J connectivity index is 2.00. The van der Waals surface area contributed by atoms with Crippen LogP contribution in [0.3, 0.4) is 0 Å². The maximum Gasteiger partial charge on any atom is 0.401 e. The molecule has 0 unspecified atom stereocenters. The second-order valence-electron chi connectivity index (χ2n) is 6.89. The predicted molar refractivity (Wildman–Crippen MR) is 82.3 cm³/mol. The Kier molecular flexibility index (Phi) is 5.25. The zero-order chi connectivity index (χ0) is 17.4. The number of amides is 2. The maximum absolute atomic E-state index is 14.4. The molecule has 2 rings (SSSR count). The summed E-state index contributed by atoms with van der Waals surface area (Å²) in [7, 11) is 7.42. The van der Waals surface area contributed by atoms with Crippen LogP contribution in [0.1, 0.15) is 12.8 Å². The summed E-state index contributed by atoms with van der Waals surface area (Å²) in [6.07, 6.45) is 1.30. The lowest BCUT2D eigenvalue weighted by Gasteiger charge is -2.27. The third-order valence-electron chi connectivity index (χ3n) is 4.90. The zero-order valence-electron chi connectivity index (χ0n) is 14.3. The fourth-order valence-electron chi connectivity index (χ4n) is 3.18. The number of rotatable bonds is 4. The molecule has 0 saturated carbocycles. The summed E-state index contributed by atoms with van der Waals surface area (Å²) in [5.74, 6) is -6.69. The topological polar surface area (TPSA) is 47.1 Å². The molecule has 0 aliphatic carbocycles. The molecule has 2 amide bonds. The lowest BCUT2D eigenvalue weighted by atomic mass is 10.2. The van der Waals surface area contributed by atoms with Crippen molar-refractivity contribution in [1.82, 2.24) is 19.6 Å². The molecular formula is C15H26F2N4O2. The van der Waals surface area contributed by atoms with Crippen molar-refractivity contribution in [3.8, 4) is 0 Å². The van der Waals surface area contributed by atoms with E-state index in [-0.39, 0.29) is 38.3 Å². The predicted octanol–water partition coefficient (Wildman–Crippen LogP) is -0.0533. The SMILES string of the molecule is CN(C)[C@@H]1CCN(C(=O)C(F)(F)C(=O)N2CC[C@H](N(C)C)C2)C1. The number of likely N-dealkylation sites (tertiary alicyclic amines) is 2. The van der Waals surface area contributed by atoms with Gasteiger partial charge in [0, 0.05) is 38.3 Å². The molecule has 0 radical (unpaired) electrons. The molecule has 0 spiro atoms. The van der Waals surface area contributed by atoms with Gasteiger partial charge in [-0.25, -0.2) is 0 Å². The van der Waals surface area contributed by atoms with Crippen LogP contribution in [0.15, 0.2) is 0 Å². The molecule has 8 heteroatoms. The Bertz CT molecular complexity index is 430. The minimum absolute atomic E-state index is 0.0646. The van der Waals surface area contributed by atoms with Crippen LogP contribution in [0.25, 0.3) is 0 Å². The number of carbonyl (C=O) groups is 2. The average Bonchev–Trinajstić information content (AvgIpc) is 3.14. The van der Waals surface area contributed by atoms with Crippen molar-refractivity contribution in [2.45, 2.75) is 30.8 Å². The Morgan fingerprint density at radius 2 is 1.22 bits per heavy atom. The normalized spacial score (nSPS) is 25.7. The van der Waals surface area contributed by atoms with E-state index in [2.05, 4.69) is 0 Å². The lowest BCUT2D eigenvalue weighted by molar-refractivity contribution is -0.172. The van der Waals surface area contributed by atoms with Crippen LogP contribution < -0.4 is 0 Å². The van der Waals surface area contributed by atoms with Crippen molar-refractivity contribution in [2.75, 3.05) is 54.4 Å². The Morgan fingerprint density at radius 3 is 1.48 bits per heavy atom. The summed E-state index contributed by atoms with van der Waals surface area (Å²) in [6, 6.07) is 0.129. The second-order valence-corrected chi connectivity index (χ2v) is 6.89. The van der Waals surface area contributed by atoms with Gasteiger partial charge in [-0.05, 0) is 41.0 Å². The fourth-order valence-corrected chi connectivity index (χ4v) is 3.18. The molecule has 2 heterocycles. The standard InChI is InChI=1S/C15H26F2N4O2/c1-18(2)11-5-7-20(9-11)13(22)15(16,17)14(23)21-8-6-12(10-21)19(3)4/h11-12H,5-10H2,1-4H3/t11-,12+. The Labute approximate surface area is 136 Å². The molecule has 0 N–H and O–H groups in total. The largest absolute Gasteiger partial charge is 0.401 e. The lowest BCUT2D eigenvalue weighted by Crippen LogP contribution is -2.53. The molecule has 0 aromatic heterocycles. The maximum atomic E-state index is 14.4. The number of alkyl halides is 2. The van der Waals surface area contributed by atoms with Gasteiger partial charge in [-0.2, -0.15) is 8.78 Å². The van der Waals surface area contributed by atoms with Gasteiger partial charge in [0.05, 0.1) is 0 Å². The Hall–Kier alpha value is -1.28. The zero-order valence-corrected chi connectivity index (χ0v) is 14.3. The van der Waals surface area contributed by atoms with Crippen LogP contribution in [0.4, 0.5) is 8.78 Å². The Morgan fingerprint density at radius 1 is 0.870 bits per heavy atom. The van der Waals surface area contributed by atoms with Crippen molar-refractivity contribution in [2.24, 2.45) is 0 Å². The molecule has 23 heavy (non-hydrogen) atoms. The highest BCUT2D eigenvalue weighted by Gasteiger charge is 2.53. The monoisotopic (exact) mass is 332 g/mol. The van der Waals surface area contributed by atoms with E-state index in [0.29, 0.717) is 12.8 Å². The fraction of sp³-hybridized carbons (Fsp3) is 0.867. The third kappa shape index (κ3) is 3.63. The van der Waals surface area contributed by atoms with Crippen LogP contribution in [0.2, 0.25) is 0 Å². The van der Waals surface area contributed by atoms with E-state index in [1.54, 1.807) is 0 Å². The molecule has 0 bridgehead atoms. The molecule has 6 nitrogen and oxygen atoms in total. The van der Waals surface area contributed by atoms with E-state index in [0.717, 1.165) is 9.80 Å². The molecule has 0 aromatic carbocycles. The van der Waals surface area contributed by atoms with Crippen LogP contribution in [-0.4, -0.2) is 104 Å². The van der Waals surface area contributed by atoms with Crippen molar-refractivity contribution in [3.05, 3.63) is 0 Å². The average molecular weight is 332 g/mol. The molecule has 132 valence electrons. The first-order chi connectivity index (χ1) is 10.6. The van der Waals surface area contributed by atoms with Crippen molar-refractivity contribution >= 4 is 11.8 Å². The van der Waals surface area contributed by atoms with E-state index in [1.165, 1.54) is 0 Å². The van der Waals surface area contributed by atoms with Crippen molar-refractivity contribution in [3.63, 3.8) is 0 Å². The second kappa shape index (κ2) is 6.68. The smallest absolute Gasteiger partial charge is 0.335 e. The highest BCUT2D eigenvalue weighted by molar-refractivity contribution is 6.06. The first-order valence-corrected chi connectivity index (χ1v) is 7.94. The summed E-state index contributed by atoms with van der Waals surface area (Å²) in [5, 5.41) is 0. The van der Waals surface area contributed by atoms with E-state index >= 15 is 0 Å². The highest BCUT2D eigenvalue weighted by Crippen LogP contribution is 2.26. The van der Waals surface area contributed by atoms with Gasteiger partial charge in [-0.1, -0.05) is 0 Å². The van der Waals surface area contributed by atoms with E-state index in [9.17, 15) is 18.4 Å². The van der Waals surface area contributed by atoms with E-state index in [1.807, 2.05) is 38.0 Å². The third-order valence-corrected chi connectivity index (χ3v) is 4.90. The number of carbonyl (C=O) groups excluding carboxylic acids is 2. The van der Waals surface area contributed by atoms with Crippen LogP contribution in [0.5, 0.6) is 0 Å². The molecular weight excluding hydrogens is 306 g/mol. The van der Waals surface area contributed by atoms with Gasteiger partial charge in [-0.3, -0.25) is 9.59 Å². The van der Waals surface area contributed by atoms with Gasteiger partial charge in [0.15, 0.2) is 0 Å². The summed E-state index contributed by atoms with van der Waals surface area (Å²) in [5.41, 5.74) is 0. The van der Waals surface area contributed by atoms with Crippen molar-refractivity contribution < 1.29 is 18.4 Å². The van der Waals surface area contributed by atoms with Gasteiger partial charge in [-0.15, -0.1) is 0 Å². The van der Waals surface area contributed by atoms with Gasteiger partial charge in [0.25, 0.3) is 0 Å². The first-order valence-electron chi connectivity index (χ1n) is 7.94. The van der Waals surface area contributed by atoms with Gasteiger partial charge < -0.3 is 19.6 Å². The molecule has 2 fully saturated rings. The minimum Gasteiger partial charge on any atom is -0.335 e. The highest BCUT2D eigenvalue weighted by atomic mass is 19.3. The number of hydrogen-bond acceptors (Lipinski definition) is 4. The number of likely N-dealkylation sites (N-methyl/N-ethyl adjacent to an activating group) is 2. The molecule has 0 aromatic rings. The number of hydrogen-bond donors (Lipinski definition) is 0.